The summed E-state index contributed by atoms with van der Waals surface area (Å²) in [5, 5.41) is 14.7. The van der Waals surface area contributed by atoms with Gasteiger partial charge in [0, 0.05) is 29.7 Å². The standard InChI is InChI=1S/C32H39ClN4O7S/c1-5-7-18-34-32(39)27(6-2)35(19-17-24-11-9-8-10-12-24)31(38)22-36(29-20-25(33)14-16-30(29)44-4)45(42,43)26-15-13-23(3)28(21-26)37(40)41/h8-16,20-21,27H,5-7,17-19,22H2,1-4H3,(H,34,39). The largest absolute Gasteiger partial charge is 0.495 e. The fourth-order valence-corrected chi connectivity index (χ4v) is 6.45. The van der Waals surface area contributed by atoms with Crippen LogP contribution in [0.3, 0.4) is 0 Å². The fourth-order valence-electron chi connectivity index (χ4n) is 4.85. The molecule has 242 valence electrons. The topological polar surface area (TPSA) is 139 Å². The van der Waals surface area contributed by atoms with Gasteiger partial charge in [0.15, 0.2) is 0 Å². The second-order valence-corrected chi connectivity index (χ2v) is 12.7. The molecular weight excluding hydrogens is 620 g/mol. The highest BCUT2D eigenvalue weighted by molar-refractivity contribution is 7.92. The Kier molecular flexibility index (Phi) is 12.7. The highest BCUT2D eigenvalue weighted by Crippen LogP contribution is 2.36. The van der Waals surface area contributed by atoms with Crippen molar-refractivity contribution in [2.45, 2.75) is 57.4 Å². The molecule has 0 aliphatic rings. The van der Waals surface area contributed by atoms with E-state index < -0.39 is 38.3 Å². The third-order valence-electron chi connectivity index (χ3n) is 7.35. The number of nitrogens with zero attached hydrogens (tertiary/aromatic N) is 3. The zero-order valence-corrected chi connectivity index (χ0v) is 27.4. The number of unbranched alkanes of at least 4 members (excludes halogenated alkanes) is 1. The number of nitrogens with one attached hydrogen (secondary N) is 1. The lowest BCUT2D eigenvalue weighted by molar-refractivity contribution is -0.385. The molecule has 2 amide bonds. The van der Waals surface area contributed by atoms with Crippen molar-refractivity contribution in [3.05, 3.63) is 93.0 Å². The van der Waals surface area contributed by atoms with E-state index in [1.165, 1.54) is 49.3 Å². The average molecular weight is 659 g/mol. The molecule has 0 saturated heterocycles. The quantitative estimate of drug-likeness (QED) is 0.121. The number of nitro benzene ring substituents is 1. The lowest BCUT2D eigenvalue weighted by Gasteiger charge is -2.33. The van der Waals surface area contributed by atoms with E-state index in [9.17, 15) is 28.1 Å². The van der Waals surface area contributed by atoms with Gasteiger partial charge in [-0.05, 0) is 56.0 Å². The number of amides is 2. The Morgan fingerprint density at radius 2 is 1.78 bits per heavy atom. The lowest BCUT2D eigenvalue weighted by Crippen LogP contribution is -2.53. The van der Waals surface area contributed by atoms with E-state index in [1.54, 1.807) is 6.92 Å². The summed E-state index contributed by atoms with van der Waals surface area (Å²) in [6.45, 7) is 5.14. The third kappa shape index (κ3) is 8.95. The van der Waals surface area contributed by atoms with Crippen molar-refractivity contribution < 1.29 is 27.7 Å². The smallest absolute Gasteiger partial charge is 0.273 e. The Balaban J connectivity index is 2.12. The van der Waals surface area contributed by atoms with Crippen LogP contribution in [-0.4, -0.2) is 62.8 Å². The van der Waals surface area contributed by atoms with Crippen LogP contribution in [0.25, 0.3) is 0 Å². The van der Waals surface area contributed by atoms with Gasteiger partial charge in [-0.3, -0.25) is 24.0 Å². The first-order chi connectivity index (χ1) is 21.4. The molecule has 0 aliphatic carbocycles. The van der Waals surface area contributed by atoms with Crippen LogP contribution in [-0.2, 0) is 26.0 Å². The van der Waals surface area contributed by atoms with Gasteiger partial charge in [0.05, 0.1) is 22.6 Å². The van der Waals surface area contributed by atoms with Crippen molar-refractivity contribution in [2.24, 2.45) is 0 Å². The molecule has 13 heteroatoms. The summed E-state index contributed by atoms with van der Waals surface area (Å²) < 4.78 is 34.7. The van der Waals surface area contributed by atoms with Crippen molar-refractivity contribution in [1.82, 2.24) is 10.2 Å². The van der Waals surface area contributed by atoms with Crippen LogP contribution in [0.1, 0.15) is 44.2 Å². The van der Waals surface area contributed by atoms with Gasteiger partial charge in [-0.1, -0.05) is 68.3 Å². The van der Waals surface area contributed by atoms with Crippen molar-refractivity contribution in [1.29, 1.82) is 0 Å². The fraction of sp³-hybridized carbons (Fsp3) is 0.375. The average Bonchev–Trinajstić information content (AvgIpc) is 3.02. The van der Waals surface area contributed by atoms with E-state index in [-0.39, 0.29) is 46.6 Å². The summed E-state index contributed by atoms with van der Waals surface area (Å²) in [4.78, 5) is 39.6. The van der Waals surface area contributed by atoms with Crippen molar-refractivity contribution in [3.63, 3.8) is 0 Å². The molecule has 0 spiro atoms. The molecule has 1 atom stereocenters. The molecule has 0 fully saturated rings. The van der Waals surface area contributed by atoms with Gasteiger partial charge in [0.1, 0.15) is 18.3 Å². The minimum absolute atomic E-state index is 0.0370. The van der Waals surface area contributed by atoms with Gasteiger partial charge in [-0.15, -0.1) is 0 Å². The first-order valence-electron chi connectivity index (χ1n) is 14.7. The molecule has 45 heavy (non-hydrogen) atoms. The number of benzene rings is 3. The normalized spacial score (nSPS) is 11.8. The molecule has 0 bridgehead atoms. The van der Waals surface area contributed by atoms with Gasteiger partial charge in [-0.25, -0.2) is 8.42 Å². The minimum Gasteiger partial charge on any atom is -0.495 e. The maximum Gasteiger partial charge on any atom is 0.273 e. The first kappa shape index (κ1) is 35.3. The number of carbonyl (C=O) groups is 2. The van der Waals surface area contributed by atoms with Crippen LogP contribution >= 0.6 is 11.6 Å². The number of halogens is 1. The number of sulfonamides is 1. The summed E-state index contributed by atoms with van der Waals surface area (Å²) in [5.74, 6) is -0.871. The van der Waals surface area contributed by atoms with Crippen LogP contribution in [0.2, 0.25) is 5.02 Å². The van der Waals surface area contributed by atoms with E-state index >= 15 is 0 Å². The summed E-state index contributed by atoms with van der Waals surface area (Å²) in [6.07, 6.45) is 2.35. The molecule has 0 aromatic heterocycles. The highest BCUT2D eigenvalue weighted by atomic mass is 35.5. The Labute approximate surface area is 269 Å². The van der Waals surface area contributed by atoms with Gasteiger partial charge in [-0.2, -0.15) is 0 Å². The number of rotatable bonds is 16. The van der Waals surface area contributed by atoms with Crippen molar-refractivity contribution in [3.8, 4) is 5.75 Å². The molecule has 1 N–H and O–H groups in total. The Bertz CT molecular complexity index is 1600. The number of nitro groups is 1. The van der Waals surface area contributed by atoms with Crippen molar-refractivity contribution >= 4 is 44.8 Å². The lowest BCUT2D eigenvalue weighted by atomic mass is 10.1. The van der Waals surface area contributed by atoms with Crippen LogP contribution in [0.15, 0.2) is 71.6 Å². The van der Waals surface area contributed by atoms with Crippen LogP contribution in [0, 0.1) is 17.0 Å². The molecule has 0 heterocycles. The number of methoxy groups -OCH3 is 1. The minimum atomic E-state index is -4.60. The molecule has 0 radical (unpaired) electrons. The molecular formula is C32H39ClN4O7S. The Morgan fingerprint density at radius 3 is 2.40 bits per heavy atom. The summed E-state index contributed by atoms with van der Waals surface area (Å²) in [7, 11) is -3.26. The molecule has 3 rings (SSSR count). The van der Waals surface area contributed by atoms with E-state index in [0.717, 1.165) is 28.8 Å². The number of hydrogen-bond acceptors (Lipinski definition) is 7. The van der Waals surface area contributed by atoms with Gasteiger partial charge < -0.3 is 15.0 Å². The van der Waals surface area contributed by atoms with Crippen LogP contribution in [0.5, 0.6) is 5.75 Å². The maximum atomic E-state index is 14.2. The third-order valence-corrected chi connectivity index (χ3v) is 9.34. The summed E-state index contributed by atoms with van der Waals surface area (Å²) in [6, 6.07) is 16.4. The summed E-state index contributed by atoms with van der Waals surface area (Å²) >= 11 is 6.28. The maximum absolute atomic E-state index is 14.2. The van der Waals surface area contributed by atoms with Crippen molar-refractivity contribution in [2.75, 3.05) is 31.0 Å². The second-order valence-electron chi connectivity index (χ2n) is 10.4. The number of aryl methyl sites for hydroxylation is 1. The van der Waals surface area contributed by atoms with E-state index in [0.29, 0.717) is 13.0 Å². The number of carbonyl (C=O) groups excluding carboxylic acids is 2. The van der Waals surface area contributed by atoms with Crippen LogP contribution < -0.4 is 14.4 Å². The second kappa shape index (κ2) is 16.2. The summed E-state index contributed by atoms with van der Waals surface area (Å²) in [5.41, 5.74) is 0.781. The Morgan fingerprint density at radius 1 is 1.07 bits per heavy atom. The van der Waals surface area contributed by atoms with Gasteiger partial charge in [0.2, 0.25) is 11.8 Å². The zero-order chi connectivity index (χ0) is 33.1. The number of ether oxygens (including phenoxy) is 1. The predicted octanol–water partition coefficient (Wildman–Crippen LogP) is 5.53. The SMILES string of the molecule is CCCCNC(=O)C(CC)N(CCc1ccccc1)C(=O)CN(c1cc(Cl)ccc1OC)S(=O)(=O)c1ccc(C)c([N+](=O)[O-])c1. The monoisotopic (exact) mass is 658 g/mol. The molecule has 0 saturated carbocycles. The van der Waals surface area contributed by atoms with Gasteiger partial charge >= 0.3 is 0 Å². The predicted molar refractivity (Wildman–Crippen MR) is 174 cm³/mol. The molecule has 3 aromatic carbocycles. The highest BCUT2D eigenvalue weighted by Gasteiger charge is 2.35. The molecule has 1 unspecified atom stereocenters. The van der Waals surface area contributed by atoms with E-state index in [1.807, 2.05) is 37.3 Å². The molecule has 0 aliphatic heterocycles. The molecule has 3 aromatic rings. The number of anilines is 1. The van der Waals surface area contributed by atoms with E-state index in [2.05, 4.69) is 5.32 Å². The van der Waals surface area contributed by atoms with E-state index in [4.69, 9.17) is 16.3 Å². The number of hydrogen-bond donors (Lipinski definition) is 1. The molecule has 11 nitrogen and oxygen atoms in total. The Hall–Kier alpha value is -4.16. The first-order valence-corrected chi connectivity index (χ1v) is 16.5. The van der Waals surface area contributed by atoms with Crippen LogP contribution in [0.4, 0.5) is 11.4 Å². The zero-order valence-electron chi connectivity index (χ0n) is 25.9. The van der Waals surface area contributed by atoms with Gasteiger partial charge in [0.25, 0.3) is 15.7 Å².